The molecule has 0 atom stereocenters. The number of nitrogens with zero attached hydrogens (tertiary/aromatic N) is 1. The third-order valence-corrected chi connectivity index (χ3v) is 4.69. The van der Waals surface area contributed by atoms with Crippen molar-refractivity contribution >= 4 is 44.3 Å². The summed E-state index contributed by atoms with van der Waals surface area (Å²) in [5.74, 6) is 1.28. The van der Waals surface area contributed by atoms with Crippen LogP contribution in [0.5, 0.6) is 11.5 Å². The van der Waals surface area contributed by atoms with E-state index in [0.29, 0.717) is 23.6 Å². The number of hydrogen-bond donors (Lipinski definition) is 1. The van der Waals surface area contributed by atoms with Gasteiger partial charge in [0, 0.05) is 39.0 Å². The second-order valence-electron chi connectivity index (χ2n) is 4.54. The molecule has 3 rings (SSSR count). The molecule has 0 radical (unpaired) electrons. The highest BCUT2D eigenvalue weighted by Crippen LogP contribution is 2.40. The number of nitrogen functional groups attached to an aromatic ring is 1. The SMILES string of the molecule is COc1cc2ncc3c(N)c(CC=O)sc3c2cc1OC. The molecule has 0 saturated carbocycles. The molecular weight excluding hydrogens is 288 g/mol. The predicted molar refractivity (Wildman–Crippen MR) is 84.4 cm³/mol. The number of anilines is 1. The molecule has 0 spiro atoms. The zero-order valence-electron chi connectivity index (χ0n) is 11.7. The van der Waals surface area contributed by atoms with Gasteiger partial charge in [0.1, 0.15) is 6.29 Å². The van der Waals surface area contributed by atoms with E-state index in [1.165, 1.54) is 11.3 Å². The summed E-state index contributed by atoms with van der Waals surface area (Å²) in [6.07, 6.45) is 2.92. The van der Waals surface area contributed by atoms with Crippen molar-refractivity contribution < 1.29 is 14.3 Å². The second kappa shape index (κ2) is 5.21. The number of benzene rings is 1. The number of carbonyl (C=O) groups excluding carboxylic acids is 1. The highest BCUT2D eigenvalue weighted by molar-refractivity contribution is 7.20. The van der Waals surface area contributed by atoms with Crippen molar-refractivity contribution in [1.82, 2.24) is 4.98 Å². The van der Waals surface area contributed by atoms with Gasteiger partial charge in [0.15, 0.2) is 11.5 Å². The number of thiophene rings is 1. The number of nitrogens with two attached hydrogens (primary N) is 1. The number of rotatable bonds is 4. The number of ether oxygens (including phenoxy) is 2. The molecule has 5 nitrogen and oxygen atoms in total. The Balaban J connectivity index is 2.36. The summed E-state index contributed by atoms with van der Waals surface area (Å²) in [6, 6.07) is 3.73. The maximum absolute atomic E-state index is 10.7. The van der Waals surface area contributed by atoms with Crippen molar-refractivity contribution in [2.75, 3.05) is 20.0 Å². The number of pyridine rings is 1. The van der Waals surface area contributed by atoms with E-state index in [2.05, 4.69) is 4.98 Å². The molecular formula is C15H14N2O3S. The molecule has 0 amide bonds. The largest absolute Gasteiger partial charge is 0.493 e. The van der Waals surface area contributed by atoms with Gasteiger partial charge in [-0.3, -0.25) is 4.98 Å². The van der Waals surface area contributed by atoms with Crippen LogP contribution in [0.25, 0.3) is 21.0 Å². The molecule has 0 bridgehead atoms. The first kappa shape index (κ1) is 13.6. The Kier molecular flexibility index (Phi) is 3.39. The van der Waals surface area contributed by atoms with Crippen molar-refractivity contribution in [3.63, 3.8) is 0 Å². The molecule has 2 aromatic heterocycles. The van der Waals surface area contributed by atoms with Gasteiger partial charge in [-0.25, -0.2) is 0 Å². The molecule has 0 aliphatic heterocycles. The zero-order valence-corrected chi connectivity index (χ0v) is 12.5. The lowest BCUT2D eigenvalue weighted by Crippen LogP contribution is -1.92. The molecule has 0 unspecified atom stereocenters. The van der Waals surface area contributed by atoms with Crippen LogP contribution in [0.1, 0.15) is 4.88 Å². The fourth-order valence-corrected chi connectivity index (χ4v) is 3.52. The lowest BCUT2D eigenvalue weighted by atomic mass is 10.1. The minimum Gasteiger partial charge on any atom is -0.493 e. The molecule has 6 heteroatoms. The van der Waals surface area contributed by atoms with E-state index >= 15 is 0 Å². The molecule has 0 saturated heterocycles. The summed E-state index contributed by atoms with van der Waals surface area (Å²) in [5, 5.41) is 1.82. The van der Waals surface area contributed by atoms with Crippen LogP contribution in [0.15, 0.2) is 18.3 Å². The van der Waals surface area contributed by atoms with Crippen LogP contribution in [0.2, 0.25) is 0 Å². The Morgan fingerprint density at radius 1 is 1.24 bits per heavy atom. The second-order valence-corrected chi connectivity index (χ2v) is 5.64. The number of hydrogen-bond acceptors (Lipinski definition) is 6. The Hall–Kier alpha value is -2.34. The summed E-state index contributed by atoms with van der Waals surface area (Å²) in [6.45, 7) is 0. The smallest absolute Gasteiger partial charge is 0.162 e. The summed E-state index contributed by atoms with van der Waals surface area (Å²) < 4.78 is 11.6. The molecule has 0 aliphatic rings. The van der Waals surface area contributed by atoms with Gasteiger partial charge in [0.2, 0.25) is 0 Å². The first-order chi connectivity index (χ1) is 10.2. The fourth-order valence-electron chi connectivity index (χ4n) is 2.35. The zero-order chi connectivity index (χ0) is 15.0. The fraction of sp³-hybridized carbons (Fsp3) is 0.200. The minimum atomic E-state index is 0.319. The highest BCUT2D eigenvalue weighted by Gasteiger charge is 2.15. The first-order valence-corrected chi connectivity index (χ1v) is 7.16. The molecule has 21 heavy (non-hydrogen) atoms. The van der Waals surface area contributed by atoms with Crippen LogP contribution in [-0.4, -0.2) is 25.5 Å². The average molecular weight is 302 g/mol. The summed E-state index contributed by atoms with van der Waals surface area (Å²) >= 11 is 1.52. The van der Waals surface area contributed by atoms with Gasteiger partial charge in [-0.1, -0.05) is 0 Å². The first-order valence-electron chi connectivity index (χ1n) is 6.34. The predicted octanol–water partition coefficient (Wildman–Crippen LogP) is 2.79. The van der Waals surface area contributed by atoms with E-state index in [0.717, 1.165) is 32.2 Å². The third-order valence-electron chi connectivity index (χ3n) is 3.41. The van der Waals surface area contributed by atoms with Crippen molar-refractivity contribution in [3.8, 4) is 11.5 Å². The standard InChI is InChI=1S/C15H14N2O3S/c1-19-11-5-8-10(6-12(11)20-2)17-7-9-14(16)13(3-4-18)21-15(8)9/h4-7H,3,16H2,1-2H3. The van der Waals surface area contributed by atoms with Gasteiger partial charge in [0.25, 0.3) is 0 Å². The number of aldehydes is 1. The maximum Gasteiger partial charge on any atom is 0.162 e. The number of carbonyl (C=O) groups is 1. The molecule has 108 valence electrons. The van der Waals surface area contributed by atoms with Crippen LogP contribution in [0, 0.1) is 0 Å². The summed E-state index contributed by atoms with van der Waals surface area (Å²) in [4.78, 5) is 16.0. The molecule has 3 aromatic rings. The van der Waals surface area contributed by atoms with Crippen LogP contribution in [-0.2, 0) is 11.2 Å². The van der Waals surface area contributed by atoms with E-state index in [1.54, 1.807) is 20.4 Å². The van der Waals surface area contributed by atoms with Gasteiger partial charge in [-0.2, -0.15) is 0 Å². The lowest BCUT2D eigenvalue weighted by Gasteiger charge is -2.09. The third kappa shape index (κ3) is 2.08. The van der Waals surface area contributed by atoms with Gasteiger partial charge in [-0.05, 0) is 6.07 Å². The summed E-state index contributed by atoms with van der Waals surface area (Å²) in [7, 11) is 3.19. The molecule has 0 fully saturated rings. The van der Waals surface area contributed by atoms with Gasteiger partial charge >= 0.3 is 0 Å². The molecule has 0 aliphatic carbocycles. The van der Waals surface area contributed by atoms with Gasteiger partial charge in [-0.15, -0.1) is 11.3 Å². The van der Waals surface area contributed by atoms with Crippen molar-refractivity contribution in [1.29, 1.82) is 0 Å². The van der Waals surface area contributed by atoms with Crippen molar-refractivity contribution in [3.05, 3.63) is 23.2 Å². The molecule has 2 N–H and O–H groups in total. The number of methoxy groups -OCH3 is 2. The minimum absolute atomic E-state index is 0.319. The van der Waals surface area contributed by atoms with Crippen molar-refractivity contribution in [2.24, 2.45) is 0 Å². The van der Waals surface area contributed by atoms with Gasteiger partial charge < -0.3 is 20.0 Å². The monoisotopic (exact) mass is 302 g/mol. The van der Waals surface area contributed by atoms with E-state index < -0.39 is 0 Å². The number of aromatic nitrogens is 1. The normalized spacial score (nSPS) is 11.0. The van der Waals surface area contributed by atoms with E-state index in [9.17, 15) is 4.79 Å². The van der Waals surface area contributed by atoms with E-state index in [-0.39, 0.29) is 0 Å². The average Bonchev–Trinajstić information content (AvgIpc) is 2.83. The Morgan fingerprint density at radius 3 is 2.62 bits per heavy atom. The van der Waals surface area contributed by atoms with Gasteiger partial charge in [0.05, 0.1) is 25.4 Å². The lowest BCUT2D eigenvalue weighted by molar-refractivity contribution is -0.107. The quantitative estimate of drug-likeness (QED) is 0.750. The maximum atomic E-state index is 10.7. The highest BCUT2D eigenvalue weighted by atomic mass is 32.1. The Bertz CT molecular complexity index is 842. The molecule has 2 heterocycles. The number of fused-ring (bicyclic) bond motifs is 3. The summed E-state index contributed by atoms with van der Waals surface area (Å²) in [5.41, 5.74) is 7.53. The van der Waals surface area contributed by atoms with E-state index in [1.807, 2.05) is 12.1 Å². The van der Waals surface area contributed by atoms with Crippen LogP contribution in [0.3, 0.4) is 0 Å². The Morgan fingerprint density at radius 2 is 1.95 bits per heavy atom. The Labute approximate surface area is 125 Å². The van der Waals surface area contributed by atoms with E-state index in [4.69, 9.17) is 15.2 Å². The topological polar surface area (TPSA) is 74.4 Å². The van der Waals surface area contributed by atoms with Crippen molar-refractivity contribution in [2.45, 2.75) is 6.42 Å². The van der Waals surface area contributed by atoms with Crippen LogP contribution < -0.4 is 15.2 Å². The van der Waals surface area contributed by atoms with Crippen LogP contribution in [0.4, 0.5) is 5.69 Å². The molecule has 1 aromatic carbocycles. The van der Waals surface area contributed by atoms with Crippen LogP contribution >= 0.6 is 11.3 Å².